The van der Waals surface area contributed by atoms with Gasteiger partial charge >= 0.3 is 17.9 Å². The number of carbonyl (C=O) groups excluding carboxylic acids is 3. The lowest BCUT2D eigenvalue weighted by atomic mass is 10.0. The SMILES string of the molecule is CC/C=C\C/C=C\C/C=C\C/C=C\C/C=C\CCCCCCCC(=O)OC(COC(=O)CCC/C=C\C/C=C\C/C=C\C/C=C\C/C=C\CC)COC(=O)CCCCCCCCCCCCC/C=C\CCCCCCCCCC. The molecule has 0 saturated carbocycles. The van der Waals surface area contributed by atoms with Gasteiger partial charge < -0.3 is 14.2 Å². The summed E-state index contributed by atoms with van der Waals surface area (Å²) in [6, 6.07) is 0. The number of esters is 3. The third-order valence-electron chi connectivity index (χ3n) is 13.6. The van der Waals surface area contributed by atoms with E-state index in [1.165, 1.54) is 116 Å². The number of carbonyl (C=O) groups is 3. The zero-order valence-corrected chi connectivity index (χ0v) is 51.3. The molecule has 0 amide bonds. The van der Waals surface area contributed by atoms with E-state index < -0.39 is 6.10 Å². The summed E-state index contributed by atoms with van der Waals surface area (Å²) in [4.78, 5) is 38.4. The number of hydrogen-bond donors (Lipinski definition) is 0. The van der Waals surface area contributed by atoms with Gasteiger partial charge in [0.15, 0.2) is 6.10 Å². The van der Waals surface area contributed by atoms with Crippen molar-refractivity contribution in [3.8, 4) is 0 Å². The Bertz CT molecular complexity index is 1680. The maximum atomic E-state index is 12.9. The van der Waals surface area contributed by atoms with Crippen LogP contribution in [0.2, 0.25) is 0 Å². The van der Waals surface area contributed by atoms with Gasteiger partial charge in [-0.1, -0.05) is 276 Å². The Morgan fingerprint density at radius 3 is 0.835 bits per heavy atom. The summed E-state index contributed by atoms with van der Waals surface area (Å²) in [6.45, 7) is 6.36. The highest BCUT2D eigenvalue weighted by atomic mass is 16.6. The van der Waals surface area contributed by atoms with Crippen LogP contribution in [0.5, 0.6) is 0 Å². The highest BCUT2D eigenvalue weighted by Crippen LogP contribution is 2.15. The average Bonchev–Trinajstić information content (AvgIpc) is 3.45. The molecule has 0 aliphatic carbocycles. The van der Waals surface area contributed by atoms with Crippen molar-refractivity contribution in [2.75, 3.05) is 13.2 Å². The summed E-state index contributed by atoms with van der Waals surface area (Å²) in [5.74, 6) is -0.985. The minimum Gasteiger partial charge on any atom is -0.462 e. The van der Waals surface area contributed by atoms with Crippen molar-refractivity contribution in [3.05, 3.63) is 134 Å². The second-order valence-electron chi connectivity index (χ2n) is 21.3. The van der Waals surface area contributed by atoms with Gasteiger partial charge in [0.25, 0.3) is 0 Å². The van der Waals surface area contributed by atoms with Gasteiger partial charge in [-0.3, -0.25) is 14.4 Å². The normalized spacial score (nSPS) is 13.0. The van der Waals surface area contributed by atoms with Crippen molar-refractivity contribution in [1.29, 1.82) is 0 Å². The van der Waals surface area contributed by atoms with Crippen LogP contribution in [0.1, 0.15) is 290 Å². The van der Waals surface area contributed by atoms with Crippen LogP contribution in [-0.4, -0.2) is 37.2 Å². The van der Waals surface area contributed by atoms with Gasteiger partial charge in [-0.15, -0.1) is 0 Å². The molecule has 0 aliphatic rings. The van der Waals surface area contributed by atoms with E-state index in [9.17, 15) is 14.4 Å². The molecule has 0 aliphatic heterocycles. The highest BCUT2D eigenvalue weighted by molar-refractivity contribution is 5.71. The van der Waals surface area contributed by atoms with Gasteiger partial charge in [0, 0.05) is 19.3 Å². The summed E-state index contributed by atoms with van der Waals surface area (Å²) in [7, 11) is 0. The van der Waals surface area contributed by atoms with Crippen molar-refractivity contribution in [1.82, 2.24) is 0 Å². The maximum absolute atomic E-state index is 12.9. The first-order valence-electron chi connectivity index (χ1n) is 32.7. The Balaban J connectivity index is 4.48. The zero-order chi connectivity index (χ0) is 57.1. The van der Waals surface area contributed by atoms with Crippen molar-refractivity contribution in [3.63, 3.8) is 0 Å². The lowest BCUT2D eigenvalue weighted by Gasteiger charge is -2.18. The van der Waals surface area contributed by atoms with Gasteiger partial charge in [-0.25, -0.2) is 0 Å². The fraction of sp³-hybridized carbons (Fsp3) is 0.658. The van der Waals surface area contributed by atoms with E-state index in [1.807, 2.05) is 0 Å². The van der Waals surface area contributed by atoms with Gasteiger partial charge in [-0.2, -0.15) is 0 Å². The van der Waals surface area contributed by atoms with E-state index in [0.717, 1.165) is 128 Å². The Morgan fingerprint density at radius 2 is 0.506 bits per heavy atom. The fourth-order valence-corrected chi connectivity index (χ4v) is 8.79. The first kappa shape index (κ1) is 74.5. The summed E-state index contributed by atoms with van der Waals surface area (Å²) in [5.41, 5.74) is 0. The molecule has 0 saturated heterocycles. The second-order valence-corrected chi connectivity index (χ2v) is 21.3. The summed E-state index contributed by atoms with van der Waals surface area (Å²) < 4.78 is 16.9. The number of ether oxygens (including phenoxy) is 3. The summed E-state index contributed by atoms with van der Waals surface area (Å²) in [5, 5.41) is 0. The molecule has 0 heterocycles. The molecule has 0 N–H and O–H groups in total. The predicted octanol–water partition coefficient (Wildman–Crippen LogP) is 22.5. The molecule has 0 aromatic carbocycles. The Hall–Kier alpha value is -4.45. The van der Waals surface area contributed by atoms with Crippen molar-refractivity contribution >= 4 is 17.9 Å². The number of hydrogen-bond acceptors (Lipinski definition) is 6. The van der Waals surface area contributed by atoms with Crippen LogP contribution in [0.4, 0.5) is 0 Å². The fourth-order valence-electron chi connectivity index (χ4n) is 8.79. The first-order chi connectivity index (χ1) is 39.0. The lowest BCUT2D eigenvalue weighted by molar-refractivity contribution is -0.167. The van der Waals surface area contributed by atoms with Crippen LogP contribution >= 0.6 is 0 Å². The molecule has 1 atom stereocenters. The third-order valence-corrected chi connectivity index (χ3v) is 13.6. The Kier molecular flexibility index (Phi) is 62.3. The smallest absolute Gasteiger partial charge is 0.306 e. The standard InChI is InChI=1S/C73H120O6/c1-4-7-10-13-16-19-22-25-28-31-33-35-36-38-39-42-45-48-51-54-57-60-63-66-72(75)78-69-70(68-77-71(74)65-62-59-56-53-50-47-44-41-30-27-24-21-18-15-12-9-6-3)79-73(76)67-64-61-58-55-52-49-46-43-40-37-34-32-29-26-23-20-17-14-11-8-5-2/h8-9,11-12,17-18,20-21,26-27,29-31,33-34,37,43-44,46-47,53,56,70H,4-7,10,13-16,19,22-25,28,32,35-36,38-42,45,48-52,54-55,57-69H2,1-3H3/b11-8-,12-9-,20-17-,21-18-,29-26-,30-27-,33-31-,37-34-,46-43-,47-44-,56-53-. The molecule has 0 fully saturated rings. The van der Waals surface area contributed by atoms with E-state index in [0.29, 0.717) is 12.8 Å². The molecule has 0 rings (SSSR count). The minimum atomic E-state index is -0.818. The number of unbranched alkanes of at least 4 members (excludes halogenated alkanes) is 25. The lowest BCUT2D eigenvalue weighted by Crippen LogP contribution is -2.30. The van der Waals surface area contributed by atoms with E-state index in [2.05, 4.69) is 154 Å². The summed E-state index contributed by atoms with van der Waals surface area (Å²) in [6.07, 6.45) is 93.2. The molecular formula is C73H120O6. The monoisotopic (exact) mass is 1090 g/mol. The van der Waals surface area contributed by atoms with E-state index in [-0.39, 0.29) is 44.0 Å². The van der Waals surface area contributed by atoms with Crippen LogP contribution in [0, 0.1) is 0 Å². The molecule has 6 nitrogen and oxygen atoms in total. The third kappa shape index (κ3) is 64.3. The molecule has 448 valence electrons. The maximum Gasteiger partial charge on any atom is 0.306 e. The molecule has 0 spiro atoms. The number of allylic oxidation sites excluding steroid dienone is 22. The average molecular weight is 1090 g/mol. The molecule has 79 heavy (non-hydrogen) atoms. The number of rotatable bonds is 58. The molecule has 1 unspecified atom stereocenters. The van der Waals surface area contributed by atoms with Crippen molar-refractivity contribution in [2.45, 2.75) is 297 Å². The van der Waals surface area contributed by atoms with Crippen molar-refractivity contribution in [2.24, 2.45) is 0 Å². The van der Waals surface area contributed by atoms with Crippen LogP contribution < -0.4 is 0 Å². The zero-order valence-electron chi connectivity index (χ0n) is 51.3. The van der Waals surface area contributed by atoms with Crippen LogP contribution in [0.3, 0.4) is 0 Å². The highest BCUT2D eigenvalue weighted by Gasteiger charge is 2.19. The van der Waals surface area contributed by atoms with Crippen molar-refractivity contribution < 1.29 is 28.6 Å². The second kappa shape index (κ2) is 66.1. The summed E-state index contributed by atoms with van der Waals surface area (Å²) >= 11 is 0. The van der Waals surface area contributed by atoms with Gasteiger partial charge in [0.1, 0.15) is 13.2 Å². The minimum absolute atomic E-state index is 0.107. The molecule has 0 aromatic rings. The van der Waals surface area contributed by atoms with E-state index >= 15 is 0 Å². The molecular weight excluding hydrogens is 973 g/mol. The topological polar surface area (TPSA) is 78.9 Å². The Morgan fingerprint density at radius 1 is 0.266 bits per heavy atom. The van der Waals surface area contributed by atoms with Gasteiger partial charge in [0.05, 0.1) is 0 Å². The van der Waals surface area contributed by atoms with Crippen LogP contribution in [0.25, 0.3) is 0 Å². The van der Waals surface area contributed by atoms with Crippen LogP contribution in [-0.2, 0) is 28.6 Å². The van der Waals surface area contributed by atoms with Gasteiger partial charge in [0.2, 0.25) is 0 Å². The largest absolute Gasteiger partial charge is 0.462 e. The predicted molar refractivity (Wildman–Crippen MR) is 343 cm³/mol. The van der Waals surface area contributed by atoms with Crippen LogP contribution in [0.15, 0.2) is 134 Å². The quantitative estimate of drug-likeness (QED) is 0.0261. The van der Waals surface area contributed by atoms with Gasteiger partial charge in [-0.05, 0) is 128 Å². The molecule has 6 heteroatoms. The molecule has 0 radical (unpaired) electrons. The first-order valence-corrected chi connectivity index (χ1v) is 32.7. The molecule has 0 aromatic heterocycles. The van der Waals surface area contributed by atoms with E-state index in [1.54, 1.807) is 0 Å². The Labute approximate surface area is 487 Å². The van der Waals surface area contributed by atoms with E-state index in [4.69, 9.17) is 14.2 Å². The molecule has 0 bridgehead atoms.